The predicted molar refractivity (Wildman–Crippen MR) is 153 cm³/mol. The molecule has 1 fully saturated rings. The van der Waals surface area contributed by atoms with Gasteiger partial charge in [-0.2, -0.15) is 0 Å². The van der Waals surface area contributed by atoms with Crippen LogP contribution in [0.1, 0.15) is 36.0 Å². The number of aliphatic hydroxyl groups is 1. The molecule has 0 unspecified atom stereocenters. The van der Waals surface area contributed by atoms with Gasteiger partial charge in [0.25, 0.3) is 0 Å². The van der Waals surface area contributed by atoms with Gasteiger partial charge in [-0.05, 0) is 54.5 Å². The SMILES string of the molecule is CN(CC#CCCC1(C(O)(c2ccccc2)c2ccccc2)SCCCS1)CCc1ccccc1. The minimum atomic E-state index is -1.08. The summed E-state index contributed by atoms with van der Waals surface area (Å²) in [5.74, 6) is 8.94. The molecule has 0 radical (unpaired) electrons. The van der Waals surface area contributed by atoms with Gasteiger partial charge in [-0.15, -0.1) is 29.4 Å². The Hall–Kier alpha value is -2.16. The molecule has 1 heterocycles. The molecule has 0 amide bonds. The minimum absolute atomic E-state index is 0.373. The van der Waals surface area contributed by atoms with E-state index in [0.29, 0.717) is 0 Å². The van der Waals surface area contributed by atoms with E-state index in [-0.39, 0.29) is 4.08 Å². The first-order chi connectivity index (χ1) is 17.1. The molecule has 0 saturated carbocycles. The second-order valence-electron chi connectivity index (χ2n) is 9.07. The Morgan fingerprint density at radius 3 is 1.94 bits per heavy atom. The summed E-state index contributed by atoms with van der Waals surface area (Å²) in [6.45, 7) is 1.76. The summed E-state index contributed by atoms with van der Waals surface area (Å²) in [7, 11) is 2.13. The molecule has 3 aromatic carbocycles. The number of rotatable bonds is 9. The molecule has 4 rings (SSSR count). The zero-order chi connectivity index (χ0) is 24.4. The van der Waals surface area contributed by atoms with Crippen LogP contribution in [-0.4, -0.2) is 45.7 Å². The van der Waals surface area contributed by atoms with Gasteiger partial charge in [-0.25, -0.2) is 0 Å². The van der Waals surface area contributed by atoms with Crippen molar-refractivity contribution in [3.8, 4) is 11.8 Å². The third kappa shape index (κ3) is 6.35. The van der Waals surface area contributed by atoms with Crippen molar-refractivity contribution in [1.82, 2.24) is 4.90 Å². The Morgan fingerprint density at radius 2 is 1.37 bits per heavy atom. The molecule has 0 aromatic heterocycles. The molecule has 4 heteroatoms. The zero-order valence-electron chi connectivity index (χ0n) is 20.5. The molecule has 0 bridgehead atoms. The Bertz CT molecular complexity index is 1050. The van der Waals surface area contributed by atoms with Crippen LogP contribution in [0.2, 0.25) is 0 Å². The lowest BCUT2D eigenvalue weighted by atomic mass is 9.81. The van der Waals surface area contributed by atoms with E-state index < -0.39 is 5.60 Å². The molecule has 182 valence electrons. The third-order valence-electron chi connectivity index (χ3n) is 6.57. The monoisotopic (exact) mass is 501 g/mol. The van der Waals surface area contributed by atoms with Crippen LogP contribution in [0.5, 0.6) is 0 Å². The van der Waals surface area contributed by atoms with E-state index in [2.05, 4.69) is 78.4 Å². The fraction of sp³-hybridized carbons (Fsp3) is 0.355. The highest BCUT2D eigenvalue weighted by Crippen LogP contribution is 2.58. The van der Waals surface area contributed by atoms with Gasteiger partial charge in [-0.3, -0.25) is 4.90 Å². The summed E-state index contributed by atoms with van der Waals surface area (Å²) < 4.78 is -0.373. The van der Waals surface area contributed by atoms with Crippen LogP contribution in [0.4, 0.5) is 0 Å². The lowest BCUT2D eigenvalue weighted by Crippen LogP contribution is -2.49. The minimum Gasteiger partial charge on any atom is -0.378 e. The van der Waals surface area contributed by atoms with Crippen LogP contribution >= 0.6 is 23.5 Å². The number of hydrogen-bond donors (Lipinski definition) is 1. The van der Waals surface area contributed by atoms with Crippen LogP contribution in [0.15, 0.2) is 91.0 Å². The highest BCUT2D eigenvalue weighted by Gasteiger charge is 2.54. The van der Waals surface area contributed by atoms with Gasteiger partial charge in [0.05, 0.1) is 10.6 Å². The highest BCUT2D eigenvalue weighted by atomic mass is 32.2. The lowest BCUT2D eigenvalue weighted by Gasteiger charge is -2.49. The quantitative estimate of drug-likeness (QED) is 0.341. The molecule has 1 aliphatic heterocycles. The summed E-state index contributed by atoms with van der Waals surface area (Å²) in [5.41, 5.74) is 2.20. The van der Waals surface area contributed by atoms with Crippen molar-refractivity contribution in [3.05, 3.63) is 108 Å². The maximum absolute atomic E-state index is 12.6. The first kappa shape index (κ1) is 25.9. The van der Waals surface area contributed by atoms with Crippen molar-refractivity contribution in [2.45, 2.75) is 35.4 Å². The number of likely N-dealkylation sites (N-methyl/N-ethyl adjacent to an activating group) is 1. The molecule has 1 aliphatic rings. The maximum Gasteiger partial charge on any atom is 0.138 e. The van der Waals surface area contributed by atoms with Crippen LogP contribution in [-0.2, 0) is 12.0 Å². The third-order valence-corrected chi connectivity index (χ3v) is 10.2. The molecule has 2 nitrogen and oxygen atoms in total. The van der Waals surface area contributed by atoms with Crippen LogP contribution in [0, 0.1) is 11.8 Å². The van der Waals surface area contributed by atoms with E-state index in [1.54, 1.807) is 0 Å². The van der Waals surface area contributed by atoms with Crippen molar-refractivity contribution in [1.29, 1.82) is 0 Å². The predicted octanol–water partition coefficient (Wildman–Crippen LogP) is 6.45. The molecule has 1 N–H and O–H groups in total. The zero-order valence-corrected chi connectivity index (χ0v) is 22.2. The first-order valence-corrected chi connectivity index (χ1v) is 14.4. The Balaban J connectivity index is 1.47. The summed E-state index contributed by atoms with van der Waals surface area (Å²) in [6.07, 6.45) is 3.82. The van der Waals surface area contributed by atoms with Gasteiger partial charge >= 0.3 is 0 Å². The number of thioether (sulfide) groups is 2. The molecule has 35 heavy (non-hydrogen) atoms. The highest BCUT2D eigenvalue weighted by molar-refractivity contribution is 8.18. The van der Waals surface area contributed by atoms with E-state index in [0.717, 1.165) is 55.0 Å². The average molecular weight is 502 g/mol. The average Bonchev–Trinajstić information content (AvgIpc) is 2.93. The number of benzene rings is 3. The first-order valence-electron chi connectivity index (χ1n) is 12.4. The topological polar surface area (TPSA) is 23.5 Å². The van der Waals surface area contributed by atoms with E-state index in [9.17, 15) is 5.11 Å². The van der Waals surface area contributed by atoms with Crippen molar-refractivity contribution < 1.29 is 5.11 Å². The van der Waals surface area contributed by atoms with Gasteiger partial charge in [0, 0.05) is 13.0 Å². The maximum atomic E-state index is 12.6. The molecule has 0 spiro atoms. The molecule has 0 aliphatic carbocycles. The Morgan fingerprint density at radius 1 is 0.829 bits per heavy atom. The van der Waals surface area contributed by atoms with Crippen LogP contribution in [0.3, 0.4) is 0 Å². The van der Waals surface area contributed by atoms with E-state index in [1.807, 2.05) is 59.9 Å². The fourth-order valence-corrected chi connectivity index (χ4v) is 8.26. The smallest absolute Gasteiger partial charge is 0.138 e. The standard InChI is InChI=1S/C31H35NOS2/c1-32(24-21-27-15-6-2-7-16-27)23-13-5-12-22-30(34-25-14-26-35-30)31(33,28-17-8-3-9-18-28)29-19-10-4-11-20-29/h2-4,6-11,15-20,33H,12,14,21-26H2,1H3. The Labute approximate surface area is 219 Å². The summed E-state index contributed by atoms with van der Waals surface area (Å²) >= 11 is 3.82. The molecule has 3 aromatic rings. The van der Waals surface area contributed by atoms with Crippen molar-refractivity contribution in [2.24, 2.45) is 0 Å². The van der Waals surface area contributed by atoms with E-state index in [1.165, 1.54) is 12.0 Å². The fourth-order valence-electron chi connectivity index (χ4n) is 4.62. The van der Waals surface area contributed by atoms with Crippen LogP contribution < -0.4 is 0 Å². The largest absolute Gasteiger partial charge is 0.378 e. The van der Waals surface area contributed by atoms with Crippen LogP contribution in [0.25, 0.3) is 0 Å². The van der Waals surface area contributed by atoms with E-state index >= 15 is 0 Å². The number of hydrogen-bond acceptors (Lipinski definition) is 4. The molecular weight excluding hydrogens is 466 g/mol. The van der Waals surface area contributed by atoms with Gasteiger partial charge in [0.2, 0.25) is 0 Å². The number of nitrogens with zero attached hydrogens (tertiary/aromatic N) is 1. The molecule has 1 saturated heterocycles. The van der Waals surface area contributed by atoms with Crippen molar-refractivity contribution >= 4 is 23.5 Å². The molecular formula is C31H35NOS2. The van der Waals surface area contributed by atoms with Crippen molar-refractivity contribution in [3.63, 3.8) is 0 Å². The van der Waals surface area contributed by atoms with Gasteiger partial charge < -0.3 is 5.11 Å². The van der Waals surface area contributed by atoms with Gasteiger partial charge in [0.1, 0.15) is 5.60 Å². The Kier molecular flexibility index (Phi) is 9.40. The van der Waals surface area contributed by atoms with Gasteiger partial charge in [0.15, 0.2) is 0 Å². The molecule has 0 atom stereocenters. The van der Waals surface area contributed by atoms with Crippen molar-refractivity contribution in [2.75, 3.05) is 31.6 Å². The van der Waals surface area contributed by atoms with Gasteiger partial charge in [-0.1, -0.05) is 96.9 Å². The summed E-state index contributed by atoms with van der Waals surface area (Å²) in [4.78, 5) is 2.28. The summed E-state index contributed by atoms with van der Waals surface area (Å²) in [5, 5.41) is 12.6. The second kappa shape index (κ2) is 12.7. The summed E-state index contributed by atoms with van der Waals surface area (Å²) in [6, 6.07) is 31.0. The normalized spacial score (nSPS) is 15.4. The lowest BCUT2D eigenvalue weighted by molar-refractivity contribution is 0.0644. The second-order valence-corrected chi connectivity index (χ2v) is 12.1. The van der Waals surface area contributed by atoms with E-state index in [4.69, 9.17) is 0 Å².